The van der Waals surface area contributed by atoms with Crippen molar-refractivity contribution in [2.45, 2.75) is 6.54 Å². The van der Waals surface area contributed by atoms with Gasteiger partial charge in [0.05, 0.1) is 22.8 Å². The van der Waals surface area contributed by atoms with E-state index in [9.17, 15) is 0 Å². The molecular formula is C49H33N5OS. The molecule has 0 saturated carbocycles. The first-order valence-electron chi connectivity index (χ1n) is 18.5. The minimum atomic E-state index is 0.436. The fraction of sp³-hybridized carbons (Fsp3) is 0.0204. The predicted octanol–water partition coefficient (Wildman–Crippen LogP) is 12.3. The van der Waals surface area contributed by atoms with E-state index in [1.165, 1.54) is 0 Å². The van der Waals surface area contributed by atoms with Gasteiger partial charge in [-0.25, -0.2) is 15.0 Å². The number of benzene rings is 7. The molecule has 6 nitrogen and oxygen atoms in total. The van der Waals surface area contributed by atoms with Crippen molar-refractivity contribution in [3.8, 4) is 45.3 Å². The van der Waals surface area contributed by atoms with Crippen molar-refractivity contribution in [1.82, 2.24) is 15.0 Å². The molecule has 266 valence electrons. The maximum atomic E-state index is 6.89. The first-order valence-corrected chi connectivity index (χ1v) is 19.3. The number of fused-ring (bicyclic) bond motifs is 4. The molecule has 0 aliphatic heterocycles. The Morgan fingerprint density at radius 2 is 1.16 bits per heavy atom. The van der Waals surface area contributed by atoms with E-state index < -0.39 is 0 Å². The summed E-state index contributed by atoms with van der Waals surface area (Å²) in [5, 5.41) is 2.96. The lowest BCUT2D eigenvalue weighted by Crippen LogP contribution is -2.05. The highest BCUT2D eigenvalue weighted by Crippen LogP contribution is 2.39. The minimum Gasteiger partial charge on any atom is -0.456 e. The second kappa shape index (κ2) is 14.2. The molecular weight excluding hydrogens is 707 g/mol. The number of hydrogen-bond acceptors (Lipinski definition) is 7. The molecule has 7 heteroatoms. The predicted molar refractivity (Wildman–Crippen MR) is 231 cm³/mol. The highest BCUT2D eigenvalue weighted by atomic mass is 32.1. The number of anilines is 1. The molecule has 0 unspecified atom stereocenters. The van der Waals surface area contributed by atoms with Gasteiger partial charge in [0.25, 0.3) is 0 Å². The van der Waals surface area contributed by atoms with Gasteiger partial charge in [-0.3, -0.25) is 4.99 Å². The summed E-state index contributed by atoms with van der Waals surface area (Å²) in [7, 11) is 0. The first-order chi connectivity index (χ1) is 27.7. The summed E-state index contributed by atoms with van der Waals surface area (Å²) in [6.07, 6.45) is 0. The van der Waals surface area contributed by atoms with Crippen molar-refractivity contribution in [1.29, 1.82) is 0 Å². The molecule has 10 aromatic rings. The molecule has 3 aromatic heterocycles. The van der Waals surface area contributed by atoms with Crippen molar-refractivity contribution in [2.75, 3.05) is 5.73 Å². The molecule has 7 aromatic carbocycles. The molecule has 0 spiro atoms. The zero-order valence-corrected chi connectivity index (χ0v) is 30.9. The summed E-state index contributed by atoms with van der Waals surface area (Å²) in [6.45, 7) is 0.436. The molecule has 0 fully saturated rings. The van der Waals surface area contributed by atoms with Crippen molar-refractivity contribution < 1.29 is 4.42 Å². The van der Waals surface area contributed by atoms with Crippen LogP contribution in [0.25, 0.3) is 77.3 Å². The third-order valence-corrected chi connectivity index (χ3v) is 11.2. The Morgan fingerprint density at radius 3 is 1.88 bits per heavy atom. The average molecular weight is 740 g/mol. The van der Waals surface area contributed by atoms with Crippen LogP contribution in [0, 0.1) is 0 Å². The maximum Gasteiger partial charge on any atom is 0.164 e. The minimum absolute atomic E-state index is 0.436. The highest BCUT2D eigenvalue weighted by molar-refractivity contribution is 7.21. The van der Waals surface area contributed by atoms with E-state index in [-0.39, 0.29) is 0 Å². The lowest BCUT2D eigenvalue weighted by atomic mass is 9.99. The summed E-state index contributed by atoms with van der Waals surface area (Å²) >= 11 is 1.68. The largest absolute Gasteiger partial charge is 0.456 e. The molecule has 0 atom stereocenters. The van der Waals surface area contributed by atoms with Crippen molar-refractivity contribution in [3.05, 3.63) is 192 Å². The third-order valence-electron chi connectivity index (χ3n) is 10.0. The number of nitrogens with two attached hydrogens (primary N) is 1. The van der Waals surface area contributed by atoms with Gasteiger partial charge in [-0.1, -0.05) is 146 Å². The normalized spacial score (nSPS) is 11.8. The number of thiophene rings is 1. The number of rotatable bonds is 8. The van der Waals surface area contributed by atoms with Gasteiger partial charge in [0.15, 0.2) is 17.5 Å². The first kappa shape index (κ1) is 33.4. The quantitative estimate of drug-likeness (QED) is 0.157. The zero-order valence-electron chi connectivity index (χ0n) is 30.1. The molecule has 0 aliphatic carbocycles. The molecule has 0 saturated heterocycles. The lowest BCUT2D eigenvalue weighted by molar-refractivity contribution is 0.669. The van der Waals surface area contributed by atoms with E-state index in [0.29, 0.717) is 24.0 Å². The second-order valence-electron chi connectivity index (χ2n) is 13.6. The van der Waals surface area contributed by atoms with Gasteiger partial charge in [0, 0.05) is 43.1 Å². The number of nitrogens with zero attached hydrogens (tertiary/aromatic N) is 4. The Balaban J connectivity index is 1.10. The Kier molecular flexibility index (Phi) is 8.46. The van der Waals surface area contributed by atoms with E-state index in [0.717, 1.165) is 87.2 Å². The van der Waals surface area contributed by atoms with E-state index in [1.54, 1.807) is 11.3 Å². The molecule has 2 N–H and O–H groups in total. The number of hydrogen-bond donors (Lipinski definition) is 1. The molecule has 10 rings (SSSR count). The maximum absolute atomic E-state index is 6.89. The number of furan rings is 1. The molecule has 0 bridgehead atoms. The SMILES string of the molecule is Nc1c(/C(=N\Cc2ccc3oc4cccc(-c5nc(-c6ccccc6)nc(-c6ccccc6)n5)c4c3c2)c2cccc(-c3ccccc3)c2)sc2ccccc12. The Morgan fingerprint density at radius 1 is 0.536 bits per heavy atom. The van der Waals surface area contributed by atoms with Crippen LogP contribution in [0.3, 0.4) is 0 Å². The van der Waals surface area contributed by atoms with Crippen LogP contribution in [-0.4, -0.2) is 20.7 Å². The average Bonchev–Trinajstić information content (AvgIpc) is 3.81. The fourth-order valence-corrected chi connectivity index (χ4v) is 8.42. The summed E-state index contributed by atoms with van der Waals surface area (Å²) in [4.78, 5) is 21.3. The lowest BCUT2D eigenvalue weighted by Gasteiger charge is -2.10. The van der Waals surface area contributed by atoms with Crippen molar-refractivity contribution >= 4 is 54.8 Å². The monoisotopic (exact) mass is 739 g/mol. The van der Waals surface area contributed by atoms with Crippen LogP contribution in [0.1, 0.15) is 16.0 Å². The van der Waals surface area contributed by atoms with Crippen LogP contribution >= 0.6 is 11.3 Å². The van der Waals surface area contributed by atoms with Crippen LogP contribution in [0.15, 0.2) is 185 Å². The standard InChI is InChI=1S/C49H33N5OS/c50-44-37-22-10-11-25-42(37)56-46(44)45(36-21-12-20-35(29-36)32-14-4-1-5-15-32)51-30-31-26-27-40-39(28-31)43-38(23-13-24-41(43)55-40)49-53-47(33-16-6-2-7-17-33)52-48(54-49)34-18-8-3-9-19-34/h1-29H,30,50H2/b51-45-. The summed E-state index contributed by atoms with van der Waals surface area (Å²) in [5.41, 5.74) is 17.1. The Hall–Kier alpha value is -7.22. The summed E-state index contributed by atoms with van der Waals surface area (Å²) < 4.78 is 7.58. The van der Waals surface area contributed by atoms with Gasteiger partial charge in [-0.05, 0) is 47.0 Å². The molecule has 56 heavy (non-hydrogen) atoms. The zero-order chi connectivity index (χ0) is 37.4. The summed E-state index contributed by atoms with van der Waals surface area (Å²) in [6, 6.07) is 59.7. The van der Waals surface area contributed by atoms with Crippen molar-refractivity contribution in [2.24, 2.45) is 4.99 Å². The van der Waals surface area contributed by atoms with Crippen LogP contribution in [0.2, 0.25) is 0 Å². The van der Waals surface area contributed by atoms with E-state index in [1.807, 2.05) is 91.0 Å². The van der Waals surface area contributed by atoms with Gasteiger partial charge in [-0.2, -0.15) is 0 Å². The van der Waals surface area contributed by atoms with Crippen LogP contribution < -0.4 is 5.73 Å². The van der Waals surface area contributed by atoms with Gasteiger partial charge in [0.2, 0.25) is 0 Å². The topological polar surface area (TPSA) is 90.2 Å². The molecule has 0 amide bonds. The Bertz CT molecular complexity index is 3000. The summed E-state index contributed by atoms with van der Waals surface area (Å²) in [5.74, 6) is 1.80. The van der Waals surface area contributed by atoms with Crippen LogP contribution in [0.4, 0.5) is 5.69 Å². The number of nitrogen functional groups attached to an aromatic ring is 1. The van der Waals surface area contributed by atoms with E-state index in [2.05, 4.69) is 84.9 Å². The van der Waals surface area contributed by atoms with E-state index in [4.69, 9.17) is 30.1 Å². The highest BCUT2D eigenvalue weighted by Gasteiger charge is 2.20. The van der Waals surface area contributed by atoms with Gasteiger partial charge >= 0.3 is 0 Å². The number of aromatic nitrogens is 3. The Labute approximate surface area is 327 Å². The van der Waals surface area contributed by atoms with Gasteiger partial charge in [-0.15, -0.1) is 11.3 Å². The van der Waals surface area contributed by atoms with Crippen molar-refractivity contribution in [3.63, 3.8) is 0 Å². The molecule has 0 aliphatic rings. The molecule has 3 heterocycles. The molecule has 0 radical (unpaired) electrons. The van der Waals surface area contributed by atoms with Crippen LogP contribution in [-0.2, 0) is 6.54 Å². The third kappa shape index (κ3) is 6.20. The fourth-order valence-electron chi connectivity index (χ4n) is 7.27. The second-order valence-corrected chi connectivity index (χ2v) is 14.7. The van der Waals surface area contributed by atoms with Gasteiger partial charge in [0.1, 0.15) is 11.2 Å². The van der Waals surface area contributed by atoms with E-state index >= 15 is 0 Å². The smallest absolute Gasteiger partial charge is 0.164 e. The van der Waals surface area contributed by atoms with Gasteiger partial charge < -0.3 is 10.2 Å². The number of aliphatic imine (C=N–C) groups is 1. The van der Waals surface area contributed by atoms with Crippen LogP contribution in [0.5, 0.6) is 0 Å².